The monoisotopic (exact) mass is 285 g/mol. The summed E-state index contributed by atoms with van der Waals surface area (Å²) < 4.78 is 4.64. The van der Waals surface area contributed by atoms with Gasteiger partial charge in [0.2, 0.25) is 0 Å². The molecular weight excluding hydrogens is 270 g/mol. The number of thioether (sulfide) groups is 1. The Hall–Kier alpha value is -0.710. The van der Waals surface area contributed by atoms with Crippen molar-refractivity contribution in [3.8, 4) is 0 Å². The number of rotatable bonds is 6. The van der Waals surface area contributed by atoms with Crippen molar-refractivity contribution in [3.63, 3.8) is 0 Å². The largest absolute Gasteiger partial charge is 0.468 e. The van der Waals surface area contributed by atoms with Crippen LogP contribution in [0, 0.1) is 0 Å². The van der Waals surface area contributed by atoms with E-state index in [1.54, 1.807) is 0 Å². The molecule has 18 heavy (non-hydrogen) atoms. The maximum absolute atomic E-state index is 11.2. The minimum atomic E-state index is -0.212. The molecule has 0 unspecified atom stereocenters. The number of nitrogens with one attached hydrogen (secondary N) is 1. The van der Waals surface area contributed by atoms with Crippen molar-refractivity contribution in [2.75, 3.05) is 12.9 Å². The molecule has 0 amide bonds. The fraction of sp³-hybridized carbons (Fsp3) is 0.462. The zero-order chi connectivity index (χ0) is 13.0. The first-order valence-corrected chi connectivity index (χ1v) is 7.27. The number of benzene rings is 1. The van der Waals surface area contributed by atoms with Gasteiger partial charge in [-0.05, 0) is 36.6 Å². The van der Waals surface area contributed by atoms with Crippen LogP contribution < -0.4 is 5.32 Å². The van der Waals surface area contributed by atoms with E-state index in [0.717, 1.165) is 22.0 Å². The lowest BCUT2D eigenvalue weighted by Crippen LogP contribution is -2.16. The average Bonchev–Trinajstić information content (AvgIpc) is 3.18. The van der Waals surface area contributed by atoms with E-state index in [1.807, 2.05) is 18.2 Å². The molecule has 0 heterocycles. The number of methoxy groups -OCH3 is 1. The van der Waals surface area contributed by atoms with Crippen molar-refractivity contribution in [2.24, 2.45) is 0 Å². The van der Waals surface area contributed by atoms with Gasteiger partial charge in [-0.2, -0.15) is 0 Å². The smallest absolute Gasteiger partial charge is 0.315 e. The minimum absolute atomic E-state index is 0.212. The molecule has 0 saturated heterocycles. The molecule has 1 aliphatic rings. The first-order valence-electron chi connectivity index (χ1n) is 5.90. The SMILES string of the molecule is COC(=O)CSc1ccc(Cl)cc1CNC1CC1. The van der Waals surface area contributed by atoms with E-state index >= 15 is 0 Å². The van der Waals surface area contributed by atoms with Crippen LogP contribution in [0.4, 0.5) is 0 Å². The first kappa shape index (κ1) is 13.7. The van der Waals surface area contributed by atoms with Gasteiger partial charge in [0, 0.05) is 22.5 Å². The molecule has 3 nitrogen and oxygen atoms in total. The quantitative estimate of drug-likeness (QED) is 0.644. The van der Waals surface area contributed by atoms with Crippen LogP contribution in [-0.2, 0) is 16.1 Å². The molecule has 0 radical (unpaired) electrons. The maximum atomic E-state index is 11.2. The number of hydrogen-bond donors (Lipinski definition) is 1. The van der Waals surface area contributed by atoms with Crippen LogP contribution >= 0.6 is 23.4 Å². The maximum Gasteiger partial charge on any atom is 0.315 e. The summed E-state index contributed by atoms with van der Waals surface area (Å²) in [4.78, 5) is 12.2. The number of ether oxygens (including phenoxy) is 1. The van der Waals surface area contributed by atoms with E-state index in [9.17, 15) is 4.79 Å². The lowest BCUT2D eigenvalue weighted by atomic mass is 10.2. The van der Waals surface area contributed by atoms with E-state index in [-0.39, 0.29) is 5.97 Å². The van der Waals surface area contributed by atoms with Crippen LogP contribution in [0.2, 0.25) is 5.02 Å². The predicted molar refractivity (Wildman–Crippen MR) is 74.1 cm³/mol. The van der Waals surface area contributed by atoms with Gasteiger partial charge in [0.15, 0.2) is 0 Å². The van der Waals surface area contributed by atoms with Crippen molar-refractivity contribution in [3.05, 3.63) is 28.8 Å². The lowest BCUT2D eigenvalue weighted by molar-refractivity contribution is -0.137. The molecule has 0 aromatic heterocycles. The lowest BCUT2D eigenvalue weighted by Gasteiger charge is -2.10. The Bertz CT molecular complexity index is 435. The number of halogens is 1. The number of hydrogen-bond acceptors (Lipinski definition) is 4. The van der Waals surface area contributed by atoms with Crippen LogP contribution in [0.15, 0.2) is 23.1 Å². The predicted octanol–water partition coefficient (Wildman–Crippen LogP) is 2.86. The second-order valence-electron chi connectivity index (χ2n) is 4.27. The molecule has 98 valence electrons. The van der Waals surface area contributed by atoms with Crippen LogP contribution in [0.3, 0.4) is 0 Å². The molecule has 0 bridgehead atoms. The first-order chi connectivity index (χ1) is 8.69. The Morgan fingerprint density at radius 2 is 2.33 bits per heavy atom. The molecule has 1 aliphatic carbocycles. The molecule has 2 rings (SSSR count). The van der Waals surface area contributed by atoms with Gasteiger partial charge in [-0.25, -0.2) is 0 Å². The van der Waals surface area contributed by atoms with E-state index in [0.29, 0.717) is 11.8 Å². The molecule has 1 N–H and O–H groups in total. The van der Waals surface area contributed by atoms with E-state index in [4.69, 9.17) is 11.6 Å². The number of carbonyl (C=O) groups is 1. The standard InChI is InChI=1S/C13H16ClNO2S/c1-17-13(16)8-18-12-5-2-10(14)6-9(12)7-15-11-3-4-11/h2,5-6,11,15H,3-4,7-8H2,1H3. The zero-order valence-electron chi connectivity index (χ0n) is 10.2. The van der Waals surface area contributed by atoms with Gasteiger partial charge in [0.1, 0.15) is 0 Å². The van der Waals surface area contributed by atoms with Crippen molar-refractivity contribution >= 4 is 29.3 Å². The molecule has 1 aromatic rings. The minimum Gasteiger partial charge on any atom is -0.468 e. The van der Waals surface area contributed by atoms with Gasteiger partial charge in [-0.15, -0.1) is 11.8 Å². The summed E-state index contributed by atoms with van der Waals surface area (Å²) >= 11 is 7.50. The summed E-state index contributed by atoms with van der Waals surface area (Å²) in [7, 11) is 1.40. The molecule has 5 heteroatoms. The molecule has 1 saturated carbocycles. The van der Waals surface area contributed by atoms with E-state index < -0.39 is 0 Å². The molecule has 0 atom stereocenters. The third kappa shape index (κ3) is 4.19. The number of carbonyl (C=O) groups excluding carboxylic acids is 1. The van der Waals surface area contributed by atoms with Crippen molar-refractivity contribution in [1.29, 1.82) is 0 Å². The van der Waals surface area contributed by atoms with Gasteiger partial charge in [-0.3, -0.25) is 4.79 Å². The summed E-state index contributed by atoms with van der Waals surface area (Å²) in [6.45, 7) is 0.800. The average molecular weight is 286 g/mol. The third-order valence-corrected chi connectivity index (χ3v) is 4.08. The van der Waals surface area contributed by atoms with Crippen molar-refractivity contribution in [1.82, 2.24) is 5.32 Å². The highest BCUT2D eigenvalue weighted by atomic mass is 35.5. The topological polar surface area (TPSA) is 38.3 Å². The second kappa shape index (κ2) is 6.45. The Kier molecular flexibility index (Phi) is 4.92. The van der Waals surface area contributed by atoms with E-state index in [2.05, 4.69) is 10.1 Å². The molecule has 1 fully saturated rings. The highest BCUT2D eigenvalue weighted by Crippen LogP contribution is 2.27. The Morgan fingerprint density at radius 3 is 3.00 bits per heavy atom. The van der Waals surface area contributed by atoms with Crippen LogP contribution in [-0.4, -0.2) is 24.9 Å². The van der Waals surface area contributed by atoms with Gasteiger partial charge >= 0.3 is 5.97 Å². The van der Waals surface area contributed by atoms with Crippen LogP contribution in [0.25, 0.3) is 0 Å². The summed E-state index contributed by atoms with van der Waals surface area (Å²) in [5.41, 5.74) is 1.14. The fourth-order valence-electron chi connectivity index (χ4n) is 1.56. The highest BCUT2D eigenvalue weighted by molar-refractivity contribution is 8.00. The van der Waals surface area contributed by atoms with Crippen LogP contribution in [0.1, 0.15) is 18.4 Å². The Balaban J connectivity index is 1.99. The van der Waals surface area contributed by atoms with Gasteiger partial charge in [0.05, 0.1) is 12.9 Å². The Labute approximate surface area is 116 Å². The highest BCUT2D eigenvalue weighted by Gasteiger charge is 2.20. The third-order valence-electron chi connectivity index (χ3n) is 2.75. The van der Waals surface area contributed by atoms with E-state index in [1.165, 1.54) is 31.7 Å². The summed E-state index contributed by atoms with van der Waals surface area (Å²) in [6.07, 6.45) is 2.51. The summed E-state index contributed by atoms with van der Waals surface area (Å²) in [5, 5.41) is 4.18. The molecule has 0 spiro atoms. The molecule has 1 aromatic carbocycles. The van der Waals surface area contributed by atoms with Crippen molar-refractivity contribution < 1.29 is 9.53 Å². The van der Waals surface area contributed by atoms with Gasteiger partial charge < -0.3 is 10.1 Å². The Morgan fingerprint density at radius 1 is 1.56 bits per heavy atom. The fourth-order valence-corrected chi connectivity index (χ4v) is 2.63. The number of esters is 1. The van der Waals surface area contributed by atoms with Crippen LogP contribution in [0.5, 0.6) is 0 Å². The summed E-state index contributed by atoms with van der Waals surface area (Å²) in [6, 6.07) is 6.42. The molecule has 0 aliphatic heterocycles. The molecular formula is C13H16ClNO2S. The van der Waals surface area contributed by atoms with Gasteiger partial charge in [0.25, 0.3) is 0 Å². The second-order valence-corrected chi connectivity index (χ2v) is 5.73. The zero-order valence-corrected chi connectivity index (χ0v) is 11.8. The van der Waals surface area contributed by atoms with Gasteiger partial charge in [-0.1, -0.05) is 11.6 Å². The summed E-state index contributed by atoms with van der Waals surface area (Å²) in [5.74, 6) is 0.116. The van der Waals surface area contributed by atoms with Crippen molar-refractivity contribution in [2.45, 2.75) is 30.3 Å². The normalized spacial score (nSPS) is 14.6.